The molecule has 0 fully saturated rings. The number of hydrogen-bond donors (Lipinski definition) is 1. The van der Waals surface area contributed by atoms with Gasteiger partial charge in [-0.1, -0.05) is 20.8 Å². The first-order valence-electron chi connectivity index (χ1n) is 6.43. The van der Waals surface area contributed by atoms with Crippen LogP contribution in [-0.2, 0) is 4.79 Å². The van der Waals surface area contributed by atoms with Crippen molar-refractivity contribution in [3.63, 3.8) is 0 Å². The van der Waals surface area contributed by atoms with E-state index in [9.17, 15) is 4.79 Å². The summed E-state index contributed by atoms with van der Waals surface area (Å²) in [6, 6.07) is 2.08. The minimum Gasteiger partial charge on any atom is -0.310 e. The Bertz CT molecular complexity index is 387. The van der Waals surface area contributed by atoms with Gasteiger partial charge in [-0.15, -0.1) is 11.8 Å². The SMILES string of the molecule is CCS[C@H](C(=O)Nc1ccnn1C(C)C)C(C)C. The standard InChI is InChI=1S/C13H23N3OS/c1-6-18-12(9(2)3)13(17)15-11-7-8-14-16(11)10(4)5/h7-10,12H,6H2,1-5H3,(H,15,17)/t12-/m0/s1. The Morgan fingerprint density at radius 1 is 1.44 bits per heavy atom. The first kappa shape index (κ1) is 15.1. The van der Waals surface area contributed by atoms with Crippen molar-refractivity contribution in [2.75, 3.05) is 11.1 Å². The summed E-state index contributed by atoms with van der Waals surface area (Å²) in [5.41, 5.74) is 0. The molecule has 0 unspecified atom stereocenters. The minimum absolute atomic E-state index is 0.00878. The van der Waals surface area contributed by atoms with Crippen LogP contribution < -0.4 is 5.32 Å². The largest absolute Gasteiger partial charge is 0.310 e. The summed E-state index contributed by atoms with van der Waals surface area (Å²) < 4.78 is 1.83. The predicted octanol–water partition coefficient (Wildman–Crippen LogP) is 3.18. The zero-order valence-electron chi connectivity index (χ0n) is 11.8. The van der Waals surface area contributed by atoms with Gasteiger partial charge in [0.25, 0.3) is 0 Å². The quantitative estimate of drug-likeness (QED) is 0.862. The van der Waals surface area contributed by atoms with Crippen LogP contribution in [0.15, 0.2) is 12.3 Å². The summed E-state index contributed by atoms with van der Waals surface area (Å²) >= 11 is 1.69. The van der Waals surface area contributed by atoms with Crippen molar-refractivity contribution in [2.45, 2.75) is 45.9 Å². The zero-order chi connectivity index (χ0) is 13.7. The molecule has 0 bridgehead atoms. The summed E-state index contributed by atoms with van der Waals surface area (Å²) in [6.45, 7) is 10.3. The smallest absolute Gasteiger partial charge is 0.238 e. The van der Waals surface area contributed by atoms with Crippen molar-refractivity contribution < 1.29 is 4.79 Å². The lowest BCUT2D eigenvalue weighted by Crippen LogP contribution is -2.30. The van der Waals surface area contributed by atoms with E-state index in [1.807, 2.05) is 24.6 Å². The van der Waals surface area contributed by atoms with Gasteiger partial charge in [0.05, 0.1) is 11.4 Å². The van der Waals surface area contributed by atoms with Crippen LogP contribution in [0.25, 0.3) is 0 Å². The number of carbonyl (C=O) groups is 1. The van der Waals surface area contributed by atoms with Crippen molar-refractivity contribution in [1.82, 2.24) is 9.78 Å². The van der Waals surface area contributed by atoms with Gasteiger partial charge >= 0.3 is 0 Å². The van der Waals surface area contributed by atoms with Crippen molar-refractivity contribution in [2.24, 2.45) is 5.92 Å². The van der Waals surface area contributed by atoms with Crippen LogP contribution >= 0.6 is 11.8 Å². The summed E-state index contributed by atoms with van der Waals surface area (Å²) in [5, 5.41) is 7.18. The van der Waals surface area contributed by atoms with E-state index in [-0.39, 0.29) is 17.2 Å². The van der Waals surface area contributed by atoms with Crippen molar-refractivity contribution in [3.8, 4) is 0 Å². The van der Waals surface area contributed by atoms with Gasteiger partial charge in [-0.05, 0) is 25.5 Å². The maximum absolute atomic E-state index is 12.2. The van der Waals surface area contributed by atoms with E-state index in [1.165, 1.54) is 0 Å². The van der Waals surface area contributed by atoms with Crippen LogP contribution in [0.1, 0.15) is 40.7 Å². The molecule has 5 heteroatoms. The topological polar surface area (TPSA) is 46.9 Å². The summed E-state index contributed by atoms with van der Waals surface area (Å²) in [6.07, 6.45) is 1.72. The molecule has 102 valence electrons. The Hall–Kier alpha value is -0.970. The Morgan fingerprint density at radius 2 is 2.11 bits per heavy atom. The third-order valence-electron chi connectivity index (χ3n) is 2.62. The maximum Gasteiger partial charge on any atom is 0.238 e. The van der Waals surface area contributed by atoms with E-state index >= 15 is 0 Å². The van der Waals surface area contributed by atoms with Crippen LogP contribution in [0.4, 0.5) is 5.82 Å². The Kier molecular flexibility index (Phi) is 5.72. The molecule has 0 radical (unpaired) electrons. The third-order valence-corrected chi connectivity index (χ3v) is 4.07. The molecular weight excluding hydrogens is 246 g/mol. The number of rotatable bonds is 6. The van der Waals surface area contributed by atoms with Gasteiger partial charge in [-0.25, -0.2) is 4.68 Å². The van der Waals surface area contributed by atoms with Gasteiger partial charge in [-0.2, -0.15) is 5.10 Å². The first-order chi connectivity index (χ1) is 8.47. The van der Waals surface area contributed by atoms with Gasteiger partial charge in [0.2, 0.25) is 5.91 Å². The Morgan fingerprint density at radius 3 is 2.61 bits per heavy atom. The number of hydrogen-bond acceptors (Lipinski definition) is 3. The molecule has 1 amide bonds. The van der Waals surface area contributed by atoms with Crippen LogP contribution in [0, 0.1) is 5.92 Å². The number of anilines is 1. The fourth-order valence-corrected chi connectivity index (χ4v) is 2.73. The summed E-state index contributed by atoms with van der Waals surface area (Å²) in [5.74, 6) is 2.11. The molecule has 1 rings (SSSR count). The highest BCUT2D eigenvalue weighted by Gasteiger charge is 2.23. The molecule has 0 aromatic carbocycles. The molecule has 0 spiro atoms. The Balaban J connectivity index is 2.76. The molecule has 1 aromatic heterocycles. The normalized spacial score (nSPS) is 13.1. The highest BCUT2D eigenvalue weighted by Crippen LogP contribution is 2.22. The van der Waals surface area contributed by atoms with Gasteiger partial charge in [0.1, 0.15) is 5.82 Å². The van der Waals surface area contributed by atoms with E-state index in [0.29, 0.717) is 5.92 Å². The van der Waals surface area contributed by atoms with Crippen LogP contribution in [-0.4, -0.2) is 26.7 Å². The average molecular weight is 269 g/mol. The number of carbonyl (C=O) groups excluding carboxylic acids is 1. The van der Waals surface area contributed by atoms with E-state index in [2.05, 4.69) is 31.2 Å². The molecule has 1 atom stereocenters. The molecular formula is C13H23N3OS. The molecule has 0 aliphatic carbocycles. The second kappa shape index (κ2) is 6.83. The van der Waals surface area contributed by atoms with Crippen molar-refractivity contribution in [1.29, 1.82) is 0 Å². The number of nitrogens with one attached hydrogen (secondary N) is 1. The lowest BCUT2D eigenvalue weighted by Gasteiger charge is -2.20. The fourth-order valence-electron chi connectivity index (χ4n) is 1.77. The molecule has 4 nitrogen and oxygen atoms in total. The number of thioether (sulfide) groups is 1. The summed E-state index contributed by atoms with van der Waals surface area (Å²) in [7, 11) is 0. The third kappa shape index (κ3) is 3.77. The van der Waals surface area contributed by atoms with Gasteiger partial charge in [0, 0.05) is 12.1 Å². The monoisotopic (exact) mass is 269 g/mol. The van der Waals surface area contributed by atoms with E-state index in [0.717, 1.165) is 11.6 Å². The molecule has 0 aliphatic heterocycles. The van der Waals surface area contributed by atoms with Gasteiger partial charge < -0.3 is 5.32 Å². The lowest BCUT2D eigenvalue weighted by molar-refractivity contribution is -0.116. The van der Waals surface area contributed by atoms with Crippen LogP contribution in [0.5, 0.6) is 0 Å². The van der Waals surface area contributed by atoms with Crippen molar-refractivity contribution >= 4 is 23.5 Å². The average Bonchev–Trinajstić information content (AvgIpc) is 2.73. The first-order valence-corrected chi connectivity index (χ1v) is 7.48. The number of aromatic nitrogens is 2. The van der Waals surface area contributed by atoms with E-state index in [1.54, 1.807) is 18.0 Å². The van der Waals surface area contributed by atoms with Gasteiger partial charge in [-0.3, -0.25) is 4.79 Å². The molecule has 0 saturated heterocycles. The lowest BCUT2D eigenvalue weighted by atomic mass is 10.1. The van der Waals surface area contributed by atoms with Crippen molar-refractivity contribution in [3.05, 3.63) is 12.3 Å². The van der Waals surface area contributed by atoms with E-state index in [4.69, 9.17) is 0 Å². The second-order valence-corrected chi connectivity index (χ2v) is 6.28. The summed E-state index contributed by atoms with van der Waals surface area (Å²) in [4.78, 5) is 12.2. The highest BCUT2D eigenvalue weighted by atomic mass is 32.2. The number of nitrogens with zero attached hydrogens (tertiary/aromatic N) is 2. The minimum atomic E-state index is -0.00878. The molecule has 1 N–H and O–H groups in total. The van der Waals surface area contributed by atoms with E-state index < -0.39 is 0 Å². The number of amides is 1. The molecule has 1 heterocycles. The molecule has 0 aliphatic rings. The van der Waals surface area contributed by atoms with Crippen LogP contribution in [0.3, 0.4) is 0 Å². The predicted molar refractivity (Wildman–Crippen MR) is 78.0 cm³/mol. The molecule has 0 saturated carbocycles. The second-order valence-electron chi connectivity index (χ2n) is 4.86. The maximum atomic E-state index is 12.2. The fraction of sp³-hybridized carbons (Fsp3) is 0.692. The molecule has 1 aromatic rings. The zero-order valence-corrected chi connectivity index (χ0v) is 12.6. The van der Waals surface area contributed by atoms with Gasteiger partial charge in [0.15, 0.2) is 0 Å². The Labute approximate surface area is 114 Å². The van der Waals surface area contributed by atoms with Crippen LogP contribution in [0.2, 0.25) is 0 Å². The highest BCUT2D eigenvalue weighted by molar-refractivity contribution is 8.00. The molecule has 18 heavy (non-hydrogen) atoms.